The molecular weight excluding hydrogens is 306 g/mol. The van der Waals surface area contributed by atoms with Gasteiger partial charge >= 0.3 is 0 Å². The van der Waals surface area contributed by atoms with Crippen molar-refractivity contribution in [3.8, 4) is 5.75 Å². The molecule has 1 aromatic carbocycles. The van der Waals surface area contributed by atoms with Crippen LogP contribution in [0.1, 0.15) is 25.5 Å². The van der Waals surface area contributed by atoms with Gasteiger partial charge in [-0.3, -0.25) is 0 Å². The van der Waals surface area contributed by atoms with Crippen molar-refractivity contribution in [2.24, 2.45) is 5.73 Å². The molecule has 0 aliphatic rings. The van der Waals surface area contributed by atoms with Crippen molar-refractivity contribution < 1.29 is 13.2 Å². The zero-order chi connectivity index (χ0) is 15.5. The molecule has 6 heteroatoms. The maximum atomic E-state index is 12.2. The Morgan fingerprint density at radius 2 is 1.86 bits per heavy atom. The fourth-order valence-corrected chi connectivity index (χ4v) is 4.44. The second kappa shape index (κ2) is 6.60. The maximum Gasteiger partial charge on any atom is 0.189 e. The van der Waals surface area contributed by atoms with Crippen LogP contribution < -0.4 is 10.5 Å². The van der Waals surface area contributed by atoms with Gasteiger partial charge in [-0.1, -0.05) is 18.2 Å². The SMILES string of the molecule is CC(C)Oc1ccc(C(N)CS(=O)(=O)c2cccs2)cc1. The molecule has 0 aliphatic carbocycles. The van der Waals surface area contributed by atoms with Crippen LogP contribution in [0.4, 0.5) is 0 Å². The molecule has 1 heterocycles. The Balaban J connectivity index is 2.08. The standard InChI is InChI=1S/C15H19NO3S2/c1-11(2)19-13-7-5-12(6-8-13)14(16)10-21(17,18)15-4-3-9-20-15/h3-9,11,14H,10,16H2,1-2H3. The zero-order valence-corrected chi connectivity index (χ0v) is 13.7. The fourth-order valence-electron chi connectivity index (χ4n) is 1.92. The molecule has 2 N–H and O–H groups in total. The van der Waals surface area contributed by atoms with Gasteiger partial charge in [0.15, 0.2) is 9.84 Å². The van der Waals surface area contributed by atoms with Gasteiger partial charge in [0.25, 0.3) is 0 Å². The van der Waals surface area contributed by atoms with Gasteiger partial charge in [-0.15, -0.1) is 11.3 Å². The van der Waals surface area contributed by atoms with E-state index in [1.165, 1.54) is 11.3 Å². The highest BCUT2D eigenvalue weighted by Gasteiger charge is 2.20. The summed E-state index contributed by atoms with van der Waals surface area (Å²) in [6.45, 7) is 3.90. The van der Waals surface area contributed by atoms with Crippen molar-refractivity contribution in [2.75, 3.05) is 5.75 Å². The van der Waals surface area contributed by atoms with Crippen molar-refractivity contribution in [3.63, 3.8) is 0 Å². The number of thiophene rings is 1. The lowest BCUT2D eigenvalue weighted by atomic mass is 10.1. The molecular formula is C15H19NO3S2. The number of benzene rings is 1. The normalized spacial score (nSPS) is 13.3. The minimum Gasteiger partial charge on any atom is -0.491 e. The first kappa shape index (κ1) is 16.0. The van der Waals surface area contributed by atoms with E-state index in [4.69, 9.17) is 10.5 Å². The van der Waals surface area contributed by atoms with Crippen LogP contribution in [0, 0.1) is 0 Å². The Hall–Kier alpha value is -1.37. The van der Waals surface area contributed by atoms with Crippen LogP contribution in [-0.4, -0.2) is 20.3 Å². The van der Waals surface area contributed by atoms with Gasteiger partial charge in [0, 0.05) is 6.04 Å². The summed E-state index contributed by atoms with van der Waals surface area (Å²) in [6, 6.07) is 10.0. The van der Waals surface area contributed by atoms with Gasteiger partial charge in [-0.05, 0) is 43.0 Å². The van der Waals surface area contributed by atoms with Crippen LogP contribution in [0.25, 0.3) is 0 Å². The Morgan fingerprint density at radius 1 is 1.19 bits per heavy atom. The molecule has 0 saturated carbocycles. The fraction of sp³-hybridized carbons (Fsp3) is 0.333. The first-order chi connectivity index (χ1) is 9.88. The number of hydrogen-bond donors (Lipinski definition) is 1. The lowest BCUT2D eigenvalue weighted by molar-refractivity contribution is 0.242. The Bertz CT molecular complexity index is 661. The van der Waals surface area contributed by atoms with Crippen LogP contribution in [-0.2, 0) is 9.84 Å². The molecule has 0 aliphatic heterocycles. The first-order valence-electron chi connectivity index (χ1n) is 6.67. The molecule has 114 valence electrons. The second-order valence-corrected chi connectivity index (χ2v) is 8.26. The molecule has 0 amide bonds. The minimum atomic E-state index is -3.33. The van der Waals surface area contributed by atoms with E-state index in [9.17, 15) is 8.42 Å². The van der Waals surface area contributed by atoms with Gasteiger partial charge in [-0.2, -0.15) is 0 Å². The van der Waals surface area contributed by atoms with Crippen LogP contribution in [0.2, 0.25) is 0 Å². The monoisotopic (exact) mass is 325 g/mol. The molecule has 0 saturated heterocycles. The van der Waals surface area contributed by atoms with E-state index >= 15 is 0 Å². The molecule has 1 unspecified atom stereocenters. The smallest absolute Gasteiger partial charge is 0.189 e. The summed E-state index contributed by atoms with van der Waals surface area (Å²) in [6.07, 6.45) is 0.101. The van der Waals surface area contributed by atoms with Crippen LogP contribution in [0.5, 0.6) is 5.75 Å². The van der Waals surface area contributed by atoms with E-state index in [2.05, 4.69) is 0 Å². The Kier molecular flexibility index (Phi) is 5.03. The molecule has 0 radical (unpaired) electrons. The van der Waals surface area contributed by atoms with Crippen LogP contribution in [0.15, 0.2) is 46.0 Å². The van der Waals surface area contributed by atoms with Crippen molar-refractivity contribution >= 4 is 21.2 Å². The molecule has 0 fully saturated rings. The van der Waals surface area contributed by atoms with Crippen LogP contribution in [0.3, 0.4) is 0 Å². The van der Waals surface area contributed by atoms with Crippen molar-refractivity contribution in [3.05, 3.63) is 47.3 Å². The average Bonchev–Trinajstić information content (AvgIpc) is 2.93. The third-order valence-electron chi connectivity index (χ3n) is 2.88. The summed E-state index contributed by atoms with van der Waals surface area (Å²) in [5.74, 6) is 0.653. The third-order valence-corrected chi connectivity index (χ3v) is 6.14. The summed E-state index contributed by atoms with van der Waals surface area (Å²) in [4.78, 5) is 0. The highest BCUT2D eigenvalue weighted by Crippen LogP contribution is 2.23. The lowest BCUT2D eigenvalue weighted by Crippen LogP contribution is -2.21. The van der Waals surface area contributed by atoms with Gasteiger partial charge in [0.2, 0.25) is 0 Å². The molecule has 0 bridgehead atoms. The minimum absolute atomic E-state index is 0.0993. The number of hydrogen-bond acceptors (Lipinski definition) is 5. The summed E-state index contributed by atoms with van der Waals surface area (Å²) in [5, 5.41) is 1.75. The van der Waals surface area contributed by atoms with Gasteiger partial charge in [0.1, 0.15) is 9.96 Å². The first-order valence-corrected chi connectivity index (χ1v) is 9.20. The Labute approximate surface area is 129 Å². The van der Waals surface area contributed by atoms with Crippen LogP contribution >= 0.6 is 11.3 Å². The highest BCUT2D eigenvalue weighted by molar-refractivity contribution is 7.93. The van der Waals surface area contributed by atoms with E-state index in [1.54, 1.807) is 17.5 Å². The topological polar surface area (TPSA) is 69.4 Å². The number of rotatable bonds is 6. The lowest BCUT2D eigenvalue weighted by Gasteiger charge is -2.14. The molecule has 2 aromatic rings. The predicted octanol–water partition coefficient (Wildman–Crippen LogP) is 3.01. The molecule has 1 atom stereocenters. The summed E-state index contributed by atoms with van der Waals surface area (Å²) in [5.41, 5.74) is 6.81. The van der Waals surface area contributed by atoms with Crippen molar-refractivity contribution in [1.82, 2.24) is 0 Å². The Morgan fingerprint density at radius 3 is 2.38 bits per heavy atom. The molecule has 21 heavy (non-hydrogen) atoms. The number of nitrogens with two attached hydrogens (primary N) is 1. The maximum absolute atomic E-state index is 12.2. The van der Waals surface area contributed by atoms with E-state index in [0.717, 1.165) is 11.3 Å². The van der Waals surface area contributed by atoms with Gasteiger partial charge < -0.3 is 10.5 Å². The number of sulfone groups is 1. The summed E-state index contributed by atoms with van der Waals surface area (Å²) < 4.78 is 30.3. The number of ether oxygens (including phenoxy) is 1. The molecule has 4 nitrogen and oxygen atoms in total. The largest absolute Gasteiger partial charge is 0.491 e. The quantitative estimate of drug-likeness (QED) is 0.886. The van der Waals surface area contributed by atoms with E-state index in [1.807, 2.05) is 38.1 Å². The molecule has 0 spiro atoms. The highest BCUT2D eigenvalue weighted by atomic mass is 32.2. The average molecular weight is 325 g/mol. The van der Waals surface area contributed by atoms with Gasteiger partial charge in [-0.25, -0.2) is 8.42 Å². The van der Waals surface area contributed by atoms with E-state index in [-0.39, 0.29) is 11.9 Å². The zero-order valence-electron chi connectivity index (χ0n) is 12.0. The molecule has 1 aromatic heterocycles. The van der Waals surface area contributed by atoms with Crippen molar-refractivity contribution in [1.29, 1.82) is 0 Å². The predicted molar refractivity (Wildman–Crippen MR) is 85.5 cm³/mol. The summed E-state index contributed by atoms with van der Waals surface area (Å²) in [7, 11) is -3.33. The van der Waals surface area contributed by atoms with E-state index in [0.29, 0.717) is 4.21 Å². The summed E-state index contributed by atoms with van der Waals surface area (Å²) >= 11 is 1.21. The van der Waals surface area contributed by atoms with E-state index < -0.39 is 15.9 Å². The second-order valence-electron chi connectivity index (χ2n) is 5.06. The third kappa shape index (κ3) is 4.30. The van der Waals surface area contributed by atoms with Crippen molar-refractivity contribution in [2.45, 2.75) is 30.2 Å². The van der Waals surface area contributed by atoms with Gasteiger partial charge in [0.05, 0.1) is 11.9 Å². The molecule has 2 rings (SSSR count).